The number of benzene rings is 1. The Morgan fingerprint density at radius 3 is 2.37 bits per heavy atom. The van der Waals surface area contributed by atoms with E-state index in [1.54, 1.807) is 26.0 Å². The number of sulfonamides is 1. The van der Waals surface area contributed by atoms with Crippen LogP contribution in [-0.4, -0.2) is 66.4 Å². The SMILES string of the molecule is Cc1cccc(S(=O)(=O)N[C@]2(C(C)C)CCN([C@@H](CC3CCCCC3)C(=O)N[C@H](B(O)O)C(C)C)C2=O)c1. The van der Waals surface area contributed by atoms with Gasteiger partial charge in [0.15, 0.2) is 0 Å². The number of likely N-dealkylation sites (tertiary alicyclic amines) is 1. The fourth-order valence-corrected chi connectivity index (χ4v) is 7.47. The van der Waals surface area contributed by atoms with E-state index in [2.05, 4.69) is 10.0 Å². The van der Waals surface area contributed by atoms with E-state index in [4.69, 9.17) is 0 Å². The van der Waals surface area contributed by atoms with Gasteiger partial charge in [-0.15, -0.1) is 0 Å². The van der Waals surface area contributed by atoms with Gasteiger partial charge in [0.25, 0.3) is 0 Å². The van der Waals surface area contributed by atoms with Gasteiger partial charge in [-0.1, -0.05) is 71.9 Å². The standard InChI is InChI=1S/C27H44BN3O6S/c1-18(2)24(28(34)35)29-25(32)23(17-21-11-7-6-8-12-21)31-15-14-27(19(3)4,26(31)33)30-38(36,37)22-13-9-10-20(5)16-22/h9-10,13,16,18-19,21,23-24,30,34-35H,6-8,11-12,14-15,17H2,1-5H3,(H,29,32)/t23-,24-,27-/m0/s1. The molecule has 4 N–H and O–H groups in total. The highest BCUT2D eigenvalue weighted by Crippen LogP contribution is 2.36. The lowest BCUT2D eigenvalue weighted by molar-refractivity contribution is -0.142. The highest BCUT2D eigenvalue weighted by Gasteiger charge is 2.54. The fourth-order valence-electron chi connectivity index (χ4n) is 5.85. The molecule has 11 heteroatoms. The van der Waals surface area contributed by atoms with E-state index in [1.807, 2.05) is 26.8 Å². The second-order valence-corrected chi connectivity index (χ2v) is 13.4. The molecule has 1 aliphatic heterocycles. The third-order valence-electron chi connectivity index (χ3n) is 8.30. The van der Waals surface area contributed by atoms with Gasteiger partial charge in [0, 0.05) is 6.54 Å². The summed E-state index contributed by atoms with van der Waals surface area (Å²) in [7, 11) is -5.74. The van der Waals surface area contributed by atoms with Crippen molar-refractivity contribution in [1.29, 1.82) is 0 Å². The van der Waals surface area contributed by atoms with Crippen LogP contribution < -0.4 is 10.0 Å². The Morgan fingerprint density at radius 1 is 1.16 bits per heavy atom. The topological polar surface area (TPSA) is 136 Å². The second-order valence-electron chi connectivity index (χ2n) is 11.7. The Bertz CT molecular complexity index is 1080. The van der Waals surface area contributed by atoms with E-state index in [9.17, 15) is 28.1 Å². The molecule has 1 saturated carbocycles. The molecule has 0 aromatic heterocycles. The van der Waals surface area contributed by atoms with Crippen LogP contribution in [0.3, 0.4) is 0 Å². The third kappa shape index (κ3) is 6.78. The molecule has 0 unspecified atom stereocenters. The summed E-state index contributed by atoms with van der Waals surface area (Å²) in [5.74, 6) is -2.06. The summed E-state index contributed by atoms with van der Waals surface area (Å²) in [6.45, 7) is 9.23. The lowest BCUT2D eigenvalue weighted by atomic mass is 9.72. The van der Waals surface area contributed by atoms with Crippen molar-refractivity contribution in [3.05, 3.63) is 29.8 Å². The molecule has 0 spiro atoms. The number of hydrogen-bond acceptors (Lipinski definition) is 6. The quantitative estimate of drug-likeness (QED) is 0.313. The number of nitrogens with one attached hydrogen (secondary N) is 2. The molecule has 0 radical (unpaired) electrons. The maximum Gasteiger partial charge on any atom is 0.475 e. The number of aryl methyl sites for hydroxylation is 1. The van der Waals surface area contributed by atoms with Crippen LogP contribution >= 0.6 is 0 Å². The molecule has 1 aromatic rings. The average Bonchev–Trinajstić information content (AvgIpc) is 3.17. The van der Waals surface area contributed by atoms with Gasteiger partial charge >= 0.3 is 7.12 Å². The van der Waals surface area contributed by atoms with E-state index in [0.29, 0.717) is 6.42 Å². The zero-order chi connectivity index (χ0) is 28.3. The van der Waals surface area contributed by atoms with Crippen molar-refractivity contribution in [1.82, 2.24) is 14.9 Å². The van der Waals surface area contributed by atoms with E-state index in [1.165, 1.54) is 11.0 Å². The van der Waals surface area contributed by atoms with Crippen LogP contribution in [0.25, 0.3) is 0 Å². The highest BCUT2D eigenvalue weighted by molar-refractivity contribution is 7.89. The summed E-state index contributed by atoms with van der Waals surface area (Å²) < 4.78 is 29.5. The molecular formula is C27H44BN3O6S. The molecule has 2 amide bonds. The minimum Gasteiger partial charge on any atom is -0.426 e. The number of carbonyl (C=O) groups is 2. The van der Waals surface area contributed by atoms with Gasteiger partial charge in [0.05, 0.1) is 10.8 Å². The molecular weight excluding hydrogens is 505 g/mol. The van der Waals surface area contributed by atoms with Crippen LogP contribution in [0, 0.1) is 24.7 Å². The average molecular weight is 550 g/mol. The molecule has 212 valence electrons. The maximum atomic E-state index is 14.1. The molecule has 1 aromatic carbocycles. The van der Waals surface area contributed by atoms with Crippen LogP contribution in [0.5, 0.6) is 0 Å². The smallest absolute Gasteiger partial charge is 0.426 e. The zero-order valence-electron chi connectivity index (χ0n) is 23.3. The van der Waals surface area contributed by atoms with Crippen molar-refractivity contribution in [3.63, 3.8) is 0 Å². The molecule has 3 rings (SSSR count). The summed E-state index contributed by atoms with van der Waals surface area (Å²) in [5, 5.41) is 22.5. The van der Waals surface area contributed by atoms with Crippen molar-refractivity contribution >= 4 is 29.0 Å². The molecule has 1 aliphatic carbocycles. The lowest BCUT2D eigenvalue weighted by Crippen LogP contribution is -2.61. The van der Waals surface area contributed by atoms with Gasteiger partial charge in [-0.2, -0.15) is 4.72 Å². The van der Waals surface area contributed by atoms with Crippen LogP contribution in [0.2, 0.25) is 0 Å². The summed E-state index contributed by atoms with van der Waals surface area (Å²) in [4.78, 5) is 29.3. The Kier molecular flexibility index (Phi) is 10.1. The maximum absolute atomic E-state index is 14.1. The van der Waals surface area contributed by atoms with E-state index in [-0.39, 0.29) is 35.6 Å². The number of rotatable bonds is 11. The second kappa shape index (κ2) is 12.5. The summed E-state index contributed by atoms with van der Waals surface area (Å²) in [5.41, 5.74) is -0.595. The van der Waals surface area contributed by atoms with Gasteiger partial charge < -0.3 is 20.3 Å². The summed E-state index contributed by atoms with van der Waals surface area (Å²) in [6, 6.07) is 5.72. The molecule has 1 saturated heterocycles. The van der Waals surface area contributed by atoms with E-state index < -0.39 is 46.5 Å². The zero-order valence-corrected chi connectivity index (χ0v) is 24.1. The lowest BCUT2D eigenvalue weighted by Gasteiger charge is -2.36. The summed E-state index contributed by atoms with van der Waals surface area (Å²) >= 11 is 0. The predicted molar refractivity (Wildman–Crippen MR) is 147 cm³/mol. The van der Waals surface area contributed by atoms with Crippen molar-refractivity contribution in [2.75, 3.05) is 6.54 Å². The van der Waals surface area contributed by atoms with E-state index >= 15 is 0 Å². The Morgan fingerprint density at radius 2 is 1.82 bits per heavy atom. The first-order chi connectivity index (χ1) is 17.8. The van der Waals surface area contributed by atoms with Gasteiger partial charge in [-0.05, 0) is 55.2 Å². The molecule has 3 atom stereocenters. The normalized spacial score (nSPS) is 22.7. The minimum atomic E-state index is -4.00. The molecule has 2 fully saturated rings. The molecule has 38 heavy (non-hydrogen) atoms. The van der Waals surface area contributed by atoms with Gasteiger partial charge in [0.1, 0.15) is 11.6 Å². The first-order valence-electron chi connectivity index (χ1n) is 13.9. The number of hydrogen-bond donors (Lipinski definition) is 4. The fraction of sp³-hybridized carbons (Fsp3) is 0.704. The molecule has 9 nitrogen and oxygen atoms in total. The first-order valence-corrected chi connectivity index (χ1v) is 15.3. The highest BCUT2D eigenvalue weighted by atomic mass is 32.2. The third-order valence-corrected chi connectivity index (χ3v) is 9.81. The summed E-state index contributed by atoms with van der Waals surface area (Å²) in [6.07, 6.45) is 5.93. The van der Waals surface area contributed by atoms with Crippen molar-refractivity contribution < 1.29 is 28.1 Å². The van der Waals surface area contributed by atoms with Crippen molar-refractivity contribution in [2.24, 2.45) is 17.8 Å². The predicted octanol–water partition coefficient (Wildman–Crippen LogP) is 2.39. The number of amides is 2. The van der Waals surface area contributed by atoms with E-state index in [0.717, 1.165) is 37.7 Å². The largest absolute Gasteiger partial charge is 0.475 e. The Balaban J connectivity index is 1.92. The molecule has 2 aliphatic rings. The van der Waals surface area contributed by atoms with Crippen LogP contribution in [0.4, 0.5) is 0 Å². The first kappa shape index (κ1) is 30.6. The number of nitrogens with zero attached hydrogens (tertiary/aromatic N) is 1. The van der Waals surface area contributed by atoms with Crippen LogP contribution in [0.15, 0.2) is 29.2 Å². The van der Waals surface area contributed by atoms with Crippen molar-refractivity contribution in [2.45, 2.75) is 102 Å². The Hall–Kier alpha value is -1.95. The minimum absolute atomic E-state index is 0.0944. The monoisotopic (exact) mass is 549 g/mol. The Labute approximate surface area is 228 Å². The number of carbonyl (C=O) groups excluding carboxylic acids is 2. The van der Waals surface area contributed by atoms with Crippen molar-refractivity contribution in [3.8, 4) is 0 Å². The van der Waals surface area contributed by atoms with Gasteiger partial charge in [0.2, 0.25) is 21.8 Å². The van der Waals surface area contributed by atoms with Gasteiger partial charge in [-0.25, -0.2) is 8.42 Å². The van der Waals surface area contributed by atoms with Crippen LogP contribution in [0.1, 0.15) is 78.2 Å². The van der Waals surface area contributed by atoms with Crippen LogP contribution in [-0.2, 0) is 19.6 Å². The molecule has 0 bridgehead atoms. The van der Waals surface area contributed by atoms with Gasteiger partial charge in [-0.3, -0.25) is 9.59 Å². The molecule has 1 heterocycles.